The first-order chi connectivity index (χ1) is 6.25. The van der Waals surface area contributed by atoms with Gasteiger partial charge in [0.25, 0.3) is 0 Å². The van der Waals surface area contributed by atoms with Gasteiger partial charge in [-0.2, -0.15) is 0 Å². The molecule has 0 aromatic carbocycles. The molecule has 2 heterocycles. The van der Waals surface area contributed by atoms with E-state index in [0.717, 1.165) is 10.3 Å². The minimum absolute atomic E-state index is 0.885. The van der Waals surface area contributed by atoms with Crippen molar-refractivity contribution in [2.75, 3.05) is 0 Å². The minimum Gasteiger partial charge on any atom is -0.240 e. The first-order valence-corrected chi connectivity index (χ1v) is 5.56. The zero-order valence-corrected chi connectivity index (χ0v) is 9.52. The maximum absolute atomic E-state index is 4.38. The van der Waals surface area contributed by atoms with E-state index in [-0.39, 0.29) is 0 Å². The van der Waals surface area contributed by atoms with Gasteiger partial charge in [-0.05, 0) is 47.1 Å². The van der Waals surface area contributed by atoms with Crippen LogP contribution in [0.4, 0.5) is 0 Å². The number of nitrogens with zero attached hydrogens (tertiary/aromatic N) is 1. The summed E-state index contributed by atoms with van der Waals surface area (Å²) < 4.78 is 0.885. The summed E-state index contributed by atoms with van der Waals surface area (Å²) in [5.41, 5.74) is 1.03. The number of aromatic nitrogens is 1. The van der Waals surface area contributed by atoms with Gasteiger partial charge in [0.15, 0.2) is 0 Å². The predicted octanol–water partition coefficient (Wildman–Crippen LogP) is 3.88. The molecule has 0 spiro atoms. The van der Waals surface area contributed by atoms with Crippen molar-refractivity contribution in [1.29, 1.82) is 0 Å². The van der Waals surface area contributed by atoms with E-state index in [9.17, 15) is 0 Å². The number of hydrogen-bond donors (Lipinski definition) is 0. The van der Waals surface area contributed by atoms with E-state index in [4.69, 9.17) is 0 Å². The number of halogens is 1. The topological polar surface area (TPSA) is 12.9 Å². The van der Waals surface area contributed by atoms with Crippen LogP contribution in [0.2, 0.25) is 0 Å². The molecule has 3 heteroatoms. The molecule has 0 aliphatic carbocycles. The van der Waals surface area contributed by atoms with Crippen molar-refractivity contribution in [3.8, 4) is 10.6 Å². The van der Waals surface area contributed by atoms with Gasteiger partial charge in [-0.25, -0.2) is 4.98 Å². The van der Waals surface area contributed by atoms with E-state index in [0.29, 0.717) is 0 Å². The van der Waals surface area contributed by atoms with Crippen LogP contribution in [0.5, 0.6) is 0 Å². The fourth-order valence-corrected chi connectivity index (χ4v) is 2.30. The normalized spacial score (nSPS) is 10.3. The predicted molar refractivity (Wildman–Crippen MR) is 60.0 cm³/mol. The van der Waals surface area contributed by atoms with Crippen molar-refractivity contribution in [2.45, 2.75) is 6.92 Å². The molecule has 0 N–H and O–H groups in total. The van der Waals surface area contributed by atoms with Crippen LogP contribution in [0.25, 0.3) is 10.6 Å². The Morgan fingerprint density at radius 1 is 1.23 bits per heavy atom. The van der Waals surface area contributed by atoms with Gasteiger partial charge < -0.3 is 0 Å². The zero-order chi connectivity index (χ0) is 9.26. The Bertz CT molecular complexity index is 422. The summed E-state index contributed by atoms with van der Waals surface area (Å²) in [5, 5.41) is 0. The highest BCUT2D eigenvalue weighted by atomic mass is 79.9. The molecule has 0 aliphatic heterocycles. The van der Waals surface area contributed by atoms with Gasteiger partial charge >= 0.3 is 0 Å². The Labute approximate surface area is 89.6 Å². The third kappa shape index (κ3) is 1.98. The van der Waals surface area contributed by atoms with Crippen LogP contribution in [-0.4, -0.2) is 4.98 Å². The average molecular weight is 254 g/mol. The van der Waals surface area contributed by atoms with Crippen molar-refractivity contribution < 1.29 is 0 Å². The van der Waals surface area contributed by atoms with Crippen LogP contribution in [-0.2, 0) is 0 Å². The van der Waals surface area contributed by atoms with Crippen LogP contribution in [0, 0.1) is 6.92 Å². The van der Waals surface area contributed by atoms with Crippen LogP contribution in [0.3, 0.4) is 0 Å². The molecule has 13 heavy (non-hydrogen) atoms. The van der Waals surface area contributed by atoms with Crippen molar-refractivity contribution in [3.63, 3.8) is 0 Å². The van der Waals surface area contributed by atoms with E-state index >= 15 is 0 Å². The maximum Gasteiger partial charge on any atom is 0.106 e. The summed E-state index contributed by atoms with van der Waals surface area (Å²) in [6.07, 6.45) is 0. The summed E-state index contributed by atoms with van der Waals surface area (Å²) >= 11 is 5.13. The third-order valence-corrected chi connectivity index (χ3v) is 3.17. The molecule has 0 saturated carbocycles. The van der Waals surface area contributed by atoms with Crippen LogP contribution < -0.4 is 0 Å². The second-order valence-corrected chi connectivity index (χ2v) is 4.86. The van der Waals surface area contributed by atoms with Gasteiger partial charge in [-0.1, -0.05) is 6.07 Å². The molecule has 2 aromatic rings. The first-order valence-electron chi connectivity index (χ1n) is 3.95. The summed E-state index contributed by atoms with van der Waals surface area (Å²) in [7, 11) is 0. The molecular formula is C10H8BrNS. The third-order valence-electron chi connectivity index (χ3n) is 1.71. The summed E-state index contributed by atoms with van der Waals surface area (Å²) in [5.74, 6) is 0. The lowest BCUT2D eigenvalue weighted by Gasteiger charge is -1.95. The molecule has 0 bridgehead atoms. The Balaban J connectivity index is 2.46. The van der Waals surface area contributed by atoms with E-state index in [2.05, 4.69) is 40.0 Å². The van der Waals surface area contributed by atoms with E-state index < -0.39 is 0 Å². The highest BCUT2D eigenvalue weighted by Crippen LogP contribution is 2.26. The van der Waals surface area contributed by atoms with Crippen LogP contribution in [0.15, 0.2) is 34.9 Å². The van der Waals surface area contributed by atoms with Gasteiger partial charge in [0.1, 0.15) is 4.60 Å². The monoisotopic (exact) mass is 253 g/mol. The molecule has 0 amide bonds. The lowest BCUT2D eigenvalue weighted by Crippen LogP contribution is -1.78. The van der Waals surface area contributed by atoms with Gasteiger partial charge in [0.05, 0.1) is 10.6 Å². The highest BCUT2D eigenvalue weighted by molar-refractivity contribution is 9.10. The van der Waals surface area contributed by atoms with Crippen molar-refractivity contribution >= 4 is 27.3 Å². The molecule has 1 nitrogen and oxygen atoms in total. The molecule has 0 aliphatic rings. The Kier molecular flexibility index (Phi) is 2.47. The van der Waals surface area contributed by atoms with Gasteiger partial charge in [0, 0.05) is 4.88 Å². The van der Waals surface area contributed by atoms with Crippen molar-refractivity contribution in [1.82, 2.24) is 4.98 Å². The SMILES string of the molecule is Cc1ccc(-c2cccc(Br)n2)s1. The largest absolute Gasteiger partial charge is 0.240 e. The Morgan fingerprint density at radius 2 is 2.08 bits per heavy atom. The van der Waals surface area contributed by atoms with Crippen LogP contribution >= 0.6 is 27.3 Å². The lowest BCUT2D eigenvalue weighted by atomic mass is 10.3. The fourth-order valence-electron chi connectivity index (χ4n) is 1.12. The van der Waals surface area contributed by atoms with Crippen molar-refractivity contribution in [2.24, 2.45) is 0 Å². The number of pyridine rings is 1. The molecule has 0 atom stereocenters. The molecule has 0 saturated heterocycles. The Hall–Kier alpha value is -0.670. The summed E-state index contributed by atoms with van der Waals surface area (Å²) in [6, 6.07) is 10.2. The molecule has 0 unspecified atom stereocenters. The first kappa shape index (κ1) is 8.91. The number of hydrogen-bond acceptors (Lipinski definition) is 2. The lowest BCUT2D eigenvalue weighted by molar-refractivity contribution is 1.29. The highest BCUT2D eigenvalue weighted by Gasteiger charge is 2.01. The van der Waals surface area contributed by atoms with Gasteiger partial charge in [-0.15, -0.1) is 11.3 Å². The smallest absolute Gasteiger partial charge is 0.106 e. The molecule has 0 radical (unpaired) electrons. The zero-order valence-electron chi connectivity index (χ0n) is 7.12. The van der Waals surface area contributed by atoms with Gasteiger partial charge in [-0.3, -0.25) is 0 Å². The molecule has 66 valence electrons. The van der Waals surface area contributed by atoms with Crippen LogP contribution in [0.1, 0.15) is 4.88 Å². The van der Waals surface area contributed by atoms with E-state index in [1.807, 2.05) is 18.2 Å². The molecule has 0 fully saturated rings. The second kappa shape index (κ2) is 3.60. The van der Waals surface area contributed by atoms with E-state index in [1.54, 1.807) is 11.3 Å². The standard InChI is InChI=1S/C10H8BrNS/c1-7-5-6-9(13-7)8-3-2-4-10(11)12-8/h2-6H,1H3. The Morgan fingerprint density at radius 3 is 2.69 bits per heavy atom. The number of rotatable bonds is 1. The number of aryl methyl sites for hydroxylation is 1. The summed E-state index contributed by atoms with van der Waals surface area (Å²) in [4.78, 5) is 6.92. The summed E-state index contributed by atoms with van der Waals surface area (Å²) in [6.45, 7) is 2.10. The maximum atomic E-state index is 4.38. The molecule has 2 rings (SSSR count). The number of thiophene rings is 1. The van der Waals surface area contributed by atoms with E-state index in [1.165, 1.54) is 9.75 Å². The molecular weight excluding hydrogens is 246 g/mol. The fraction of sp³-hybridized carbons (Fsp3) is 0.100. The quantitative estimate of drug-likeness (QED) is 0.704. The second-order valence-electron chi connectivity index (χ2n) is 2.76. The average Bonchev–Trinajstić information content (AvgIpc) is 2.52. The van der Waals surface area contributed by atoms with Crippen molar-refractivity contribution in [3.05, 3.63) is 39.8 Å². The van der Waals surface area contributed by atoms with Gasteiger partial charge in [0.2, 0.25) is 0 Å². The molecule has 2 aromatic heterocycles. The minimum atomic E-state index is 0.885.